The first kappa shape index (κ1) is 18.9. The normalized spacial score (nSPS) is 24.4. The monoisotopic (exact) mass is 379 g/mol. The van der Waals surface area contributed by atoms with E-state index in [0.29, 0.717) is 5.92 Å². The molecule has 0 bridgehead atoms. The van der Waals surface area contributed by atoms with Gasteiger partial charge in [-0.15, -0.1) is 0 Å². The summed E-state index contributed by atoms with van der Waals surface area (Å²) in [5, 5.41) is 9.01. The number of benzene rings is 2. The summed E-state index contributed by atoms with van der Waals surface area (Å²) in [5.74, 6) is 0.619. The molecule has 3 atom stereocenters. The lowest BCUT2D eigenvalue weighted by atomic mass is 10.1. The number of aliphatic carboxylic acids is 1. The van der Waals surface area contributed by atoms with Crippen LogP contribution in [0.1, 0.15) is 37.7 Å². The fourth-order valence-electron chi connectivity index (χ4n) is 4.23. The summed E-state index contributed by atoms with van der Waals surface area (Å²) in [4.78, 5) is 13.4. The van der Waals surface area contributed by atoms with Gasteiger partial charge in [0.15, 0.2) is 0 Å². The van der Waals surface area contributed by atoms with Gasteiger partial charge in [0, 0.05) is 25.2 Å². The van der Waals surface area contributed by atoms with Crippen molar-refractivity contribution in [3.8, 4) is 5.75 Å². The van der Waals surface area contributed by atoms with Crippen LogP contribution in [-0.2, 0) is 11.2 Å². The van der Waals surface area contributed by atoms with Gasteiger partial charge >= 0.3 is 5.97 Å². The van der Waals surface area contributed by atoms with Gasteiger partial charge in [-0.1, -0.05) is 30.3 Å². The molecule has 2 fully saturated rings. The number of hydrogen-bond donors (Lipinski definition) is 1. The van der Waals surface area contributed by atoms with Gasteiger partial charge in [-0.3, -0.25) is 4.79 Å². The number of rotatable bonds is 7. The summed E-state index contributed by atoms with van der Waals surface area (Å²) in [6.45, 7) is 2.08. The number of nitrogens with zero attached hydrogens (tertiary/aromatic N) is 1. The first-order valence-corrected chi connectivity index (χ1v) is 10.5. The van der Waals surface area contributed by atoms with Gasteiger partial charge in [0.25, 0.3) is 0 Å². The van der Waals surface area contributed by atoms with Crippen molar-refractivity contribution in [2.75, 3.05) is 18.0 Å². The van der Waals surface area contributed by atoms with E-state index in [1.165, 1.54) is 11.3 Å². The minimum absolute atomic E-state index is 0.0950. The number of para-hydroxylation sites is 1. The fourth-order valence-corrected chi connectivity index (χ4v) is 4.23. The van der Waals surface area contributed by atoms with Gasteiger partial charge < -0.3 is 14.7 Å². The average Bonchev–Trinajstić information content (AvgIpc) is 3.52. The minimum atomic E-state index is -0.629. The Hall–Kier alpha value is -2.49. The first-order chi connectivity index (χ1) is 13.7. The molecule has 4 heteroatoms. The summed E-state index contributed by atoms with van der Waals surface area (Å²) in [5.41, 5.74) is 2.58. The highest BCUT2D eigenvalue weighted by molar-refractivity contribution is 5.73. The standard InChI is InChI=1S/C24H29NO3/c26-24(27)23-17-19(23)11-8-18-9-12-20(13-10-18)25-15-4-7-22(14-16-25)28-21-5-2-1-3-6-21/h1-3,5-6,9-10,12-13,19,22-23H,4,7-8,11,14-17H2,(H,26,27). The molecular formula is C24H29NO3. The number of aryl methyl sites for hydroxylation is 1. The highest BCUT2D eigenvalue weighted by Gasteiger charge is 2.42. The lowest BCUT2D eigenvalue weighted by Crippen LogP contribution is -2.25. The Morgan fingerprint density at radius 2 is 1.82 bits per heavy atom. The Labute approximate surface area is 167 Å². The lowest BCUT2D eigenvalue weighted by molar-refractivity contribution is -0.138. The first-order valence-electron chi connectivity index (χ1n) is 10.5. The summed E-state index contributed by atoms with van der Waals surface area (Å²) >= 11 is 0. The van der Waals surface area contributed by atoms with E-state index in [2.05, 4.69) is 29.2 Å². The molecule has 1 aliphatic carbocycles. The Balaban J connectivity index is 1.26. The van der Waals surface area contributed by atoms with Crippen molar-refractivity contribution >= 4 is 11.7 Å². The van der Waals surface area contributed by atoms with Crippen molar-refractivity contribution in [3.05, 3.63) is 60.2 Å². The second kappa shape index (κ2) is 8.68. The molecule has 1 heterocycles. The van der Waals surface area contributed by atoms with Crippen molar-refractivity contribution < 1.29 is 14.6 Å². The smallest absolute Gasteiger partial charge is 0.306 e. The maximum atomic E-state index is 10.9. The van der Waals surface area contributed by atoms with Crippen molar-refractivity contribution in [1.29, 1.82) is 0 Å². The molecule has 1 saturated heterocycles. The van der Waals surface area contributed by atoms with E-state index in [0.717, 1.165) is 57.4 Å². The van der Waals surface area contributed by atoms with Crippen molar-refractivity contribution in [2.24, 2.45) is 11.8 Å². The van der Waals surface area contributed by atoms with Crippen LogP contribution in [0.25, 0.3) is 0 Å². The van der Waals surface area contributed by atoms with E-state index in [-0.39, 0.29) is 12.0 Å². The molecule has 3 unspecified atom stereocenters. The SMILES string of the molecule is O=C(O)C1CC1CCc1ccc(N2CCCC(Oc3ccccc3)CC2)cc1. The number of ether oxygens (including phenoxy) is 1. The highest BCUT2D eigenvalue weighted by Crippen LogP contribution is 2.42. The van der Waals surface area contributed by atoms with Crippen LogP contribution in [0.2, 0.25) is 0 Å². The van der Waals surface area contributed by atoms with E-state index < -0.39 is 5.97 Å². The minimum Gasteiger partial charge on any atom is -0.490 e. The summed E-state index contributed by atoms with van der Waals surface area (Å²) in [7, 11) is 0. The van der Waals surface area contributed by atoms with E-state index >= 15 is 0 Å². The van der Waals surface area contributed by atoms with Gasteiger partial charge in [-0.05, 0) is 67.9 Å². The van der Waals surface area contributed by atoms with Crippen LogP contribution in [0.5, 0.6) is 5.75 Å². The molecule has 148 valence electrons. The van der Waals surface area contributed by atoms with Gasteiger partial charge in [0.05, 0.1) is 5.92 Å². The summed E-state index contributed by atoms with van der Waals surface area (Å²) < 4.78 is 6.16. The van der Waals surface area contributed by atoms with E-state index in [1.807, 2.05) is 30.3 Å². The number of hydrogen-bond acceptors (Lipinski definition) is 3. The zero-order valence-electron chi connectivity index (χ0n) is 16.3. The maximum Gasteiger partial charge on any atom is 0.306 e. The maximum absolute atomic E-state index is 10.9. The molecule has 1 saturated carbocycles. The molecule has 0 radical (unpaired) electrons. The van der Waals surface area contributed by atoms with Gasteiger partial charge in [-0.25, -0.2) is 0 Å². The topological polar surface area (TPSA) is 49.8 Å². The van der Waals surface area contributed by atoms with Gasteiger partial charge in [-0.2, -0.15) is 0 Å². The van der Waals surface area contributed by atoms with E-state index in [4.69, 9.17) is 9.84 Å². The third-order valence-electron chi connectivity index (χ3n) is 6.07. The molecule has 4 rings (SSSR count). The summed E-state index contributed by atoms with van der Waals surface area (Å²) in [6, 6.07) is 19.0. The molecule has 2 aromatic rings. The van der Waals surface area contributed by atoms with Crippen LogP contribution >= 0.6 is 0 Å². The lowest BCUT2D eigenvalue weighted by Gasteiger charge is -2.23. The predicted molar refractivity (Wildman–Crippen MR) is 111 cm³/mol. The van der Waals surface area contributed by atoms with Crippen LogP contribution in [0, 0.1) is 11.8 Å². The summed E-state index contributed by atoms with van der Waals surface area (Å²) in [6.07, 6.45) is 6.36. The Bertz CT molecular complexity index is 774. The van der Waals surface area contributed by atoms with Crippen LogP contribution in [0.4, 0.5) is 5.69 Å². The van der Waals surface area contributed by atoms with Gasteiger partial charge in [0.1, 0.15) is 11.9 Å². The van der Waals surface area contributed by atoms with Gasteiger partial charge in [0.2, 0.25) is 0 Å². The highest BCUT2D eigenvalue weighted by atomic mass is 16.5. The van der Waals surface area contributed by atoms with Crippen LogP contribution in [-0.4, -0.2) is 30.3 Å². The molecule has 2 aliphatic rings. The van der Waals surface area contributed by atoms with Crippen LogP contribution in [0.3, 0.4) is 0 Å². The number of carboxylic acids is 1. The number of carboxylic acid groups (broad SMARTS) is 1. The van der Waals surface area contributed by atoms with E-state index in [1.54, 1.807) is 0 Å². The quantitative estimate of drug-likeness (QED) is 0.752. The second-order valence-corrected chi connectivity index (χ2v) is 8.12. The zero-order valence-corrected chi connectivity index (χ0v) is 16.3. The fraction of sp³-hybridized carbons (Fsp3) is 0.458. The van der Waals surface area contributed by atoms with Crippen LogP contribution in [0.15, 0.2) is 54.6 Å². The van der Waals surface area contributed by atoms with E-state index in [9.17, 15) is 4.79 Å². The molecule has 0 amide bonds. The molecule has 4 nitrogen and oxygen atoms in total. The van der Waals surface area contributed by atoms with Crippen molar-refractivity contribution in [2.45, 2.75) is 44.6 Å². The molecule has 0 spiro atoms. The molecule has 28 heavy (non-hydrogen) atoms. The molecule has 2 aromatic carbocycles. The molecular weight excluding hydrogens is 350 g/mol. The Kier molecular flexibility index (Phi) is 5.84. The predicted octanol–water partition coefficient (Wildman–Crippen LogP) is 4.78. The second-order valence-electron chi connectivity index (χ2n) is 8.12. The Morgan fingerprint density at radius 1 is 1.04 bits per heavy atom. The molecule has 1 aliphatic heterocycles. The average molecular weight is 380 g/mol. The third kappa shape index (κ3) is 4.86. The zero-order chi connectivity index (χ0) is 19.3. The third-order valence-corrected chi connectivity index (χ3v) is 6.07. The number of carbonyl (C=O) groups is 1. The largest absolute Gasteiger partial charge is 0.490 e. The Morgan fingerprint density at radius 3 is 2.54 bits per heavy atom. The van der Waals surface area contributed by atoms with Crippen molar-refractivity contribution in [3.63, 3.8) is 0 Å². The molecule has 1 N–H and O–H groups in total. The van der Waals surface area contributed by atoms with Crippen molar-refractivity contribution in [1.82, 2.24) is 0 Å². The number of anilines is 1. The van der Waals surface area contributed by atoms with Crippen LogP contribution < -0.4 is 9.64 Å². The molecule has 0 aromatic heterocycles.